The van der Waals surface area contributed by atoms with Gasteiger partial charge in [0.1, 0.15) is 0 Å². The quantitative estimate of drug-likeness (QED) is 0.800. The van der Waals surface area contributed by atoms with E-state index in [1.807, 2.05) is 11.8 Å². The fourth-order valence-electron chi connectivity index (χ4n) is 2.86. The Kier molecular flexibility index (Phi) is 2.18. The Morgan fingerprint density at radius 2 is 1.81 bits per heavy atom. The van der Waals surface area contributed by atoms with Crippen LogP contribution in [-0.2, 0) is 0 Å². The van der Waals surface area contributed by atoms with Crippen molar-refractivity contribution in [2.75, 3.05) is 6.54 Å². The highest BCUT2D eigenvalue weighted by Gasteiger charge is 2.65. The average Bonchev–Trinajstić information content (AvgIpc) is 3.02. The van der Waals surface area contributed by atoms with Gasteiger partial charge in [-0.05, 0) is 29.6 Å². The molecular formula is C13H22N2S. The molecule has 0 radical (unpaired) electrons. The predicted molar refractivity (Wildman–Crippen MR) is 70.9 cm³/mol. The second kappa shape index (κ2) is 3.18. The number of nitrogens with zero attached hydrogens (tertiary/aromatic N) is 1. The third-order valence-corrected chi connectivity index (χ3v) is 6.42. The van der Waals surface area contributed by atoms with E-state index in [0.29, 0.717) is 16.9 Å². The number of nitrogens with one attached hydrogen (secondary N) is 1. The van der Waals surface area contributed by atoms with Gasteiger partial charge < -0.3 is 5.32 Å². The number of thioether (sulfide) groups is 1. The van der Waals surface area contributed by atoms with Crippen molar-refractivity contribution in [1.29, 1.82) is 0 Å². The van der Waals surface area contributed by atoms with Crippen molar-refractivity contribution in [3.8, 4) is 0 Å². The first-order valence-corrected chi connectivity index (χ1v) is 7.28. The fraction of sp³-hybridized carbons (Fsp3) is 0.923. The fourth-order valence-corrected chi connectivity index (χ4v) is 4.10. The van der Waals surface area contributed by atoms with E-state index in [4.69, 9.17) is 0 Å². The summed E-state index contributed by atoms with van der Waals surface area (Å²) in [5.74, 6) is 0.966. The molecule has 0 spiro atoms. The molecule has 3 rings (SSSR count). The molecule has 1 unspecified atom stereocenters. The smallest absolute Gasteiger partial charge is 0.157 e. The monoisotopic (exact) mass is 238 g/mol. The molecule has 1 aliphatic heterocycles. The number of amidine groups is 1. The van der Waals surface area contributed by atoms with Gasteiger partial charge in [0.25, 0.3) is 0 Å². The third-order valence-electron chi connectivity index (χ3n) is 5.11. The molecule has 0 saturated heterocycles. The zero-order chi connectivity index (χ0) is 11.6. The molecule has 1 N–H and O–H groups in total. The van der Waals surface area contributed by atoms with Crippen molar-refractivity contribution in [3.05, 3.63) is 0 Å². The van der Waals surface area contributed by atoms with Crippen molar-refractivity contribution in [3.63, 3.8) is 0 Å². The van der Waals surface area contributed by atoms with E-state index in [2.05, 4.69) is 38.0 Å². The summed E-state index contributed by atoms with van der Waals surface area (Å²) in [5.41, 5.74) is 0.821. The Morgan fingerprint density at radius 1 is 1.19 bits per heavy atom. The molecule has 2 nitrogen and oxygen atoms in total. The summed E-state index contributed by atoms with van der Waals surface area (Å²) in [6.45, 7) is 10.4. The van der Waals surface area contributed by atoms with Crippen LogP contribution in [0.5, 0.6) is 0 Å². The van der Waals surface area contributed by atoms with E-state index in [0.717, 1.165) is 17.7 Å². The maximum atomic E-state index is 4.66. The summed E-state index contributed by atoms with van der Waals surface area (Å²) >= 11 is 1.99. The number of hydrogen-bond acceptors (Lipinski definition) is 3. The Morgan fingerprint density at radius 3 is 2.31 bits per heavy atom. The SMILES string of the molecule is CC1(C)C(NC2=NCC(C3CC3)S2)C1(C)C. The molecule has 2 aliphatic carbocycles. The number of aliphatic imine (C=N–C) groups is 1. The van der Waals surface area contributed by atoms with Crippen LogP contribution in [0.2, 0.25) is 0 Å². The predicted octanol–water partition coefficient (Wildman–Crippen LogP) is 2.89. The number of rotatable bonds is 2. The minimum Gasteiger partial charge on any atom is -0.361 e. The lowest BCUT2D eigenvalue weighted by Crippen LogP contribution is -2.26. The first-order chi connectivity index (χ1) is 7.43. The summed E-state index contributed by atoms with van der Waals surface area (Å²) in [5, 5.41) is 5.65. The standard InChI is InChI=1S/C13H22N2S/c1-12(2)10(13(12,3)4)15-11-14-7-9(16-11)8-5-6-8/h8-10H,5-7H2,1-4H3,(H,14,15). The highest BCUT2D eigenvalue weighted by molar-refractivity contribution is 8.14. The van der Waals surface area contributed by atoms with Gasteiger partial charge in [0.15, 0.2) is 5.17 Å². The summed E-state index contributed by atoms with van der Waals surface area (Å²) in [6, 6.07) is 0.601. The third kappa shape index (κ3) is 1.51. The average molecular weight is 238 g/mol. The molecule has 2 fully saturated rings. The van der Waals surface area contributed by atoms with E-state index >= 15 is 0 Å². The molecule has 0 aromatic heterocycles. The zero-order valence-corrected chi connectivity index (χ0v) is 11.5. The minimum absolute atomic E-state index is 0.410. The Balaban J connectivity index is 1.57. The van der Waals surface area contributed by atoms with Gasteiger partial charge in [-0.25, -0.2) is 0 Å². The topological polar surface area (TPSA) is 24.4 Å². The molecule has 0 aromatic rings. The molecule has 0 amide bonds. The van der Waals surface area contributed by atoms with Crippen LogP contribution in [0.15, 0.2) is 4.99 Å². The first-order valence-electron chi connectivity index (χ1n) is 6.40. The van der Waals surface area contributed by atoms with Gasteiger partial charge in [-0.1, -0.05) is 39.5 Å². The van der Waals surface area contributed by atoms with Crippen LogP contribution in [0.4, 0.5) is 0 Å². The van der Waals surface area contributed by atoms with E-state index in [-0.39, 0.29) is 0 Å². The van der Waals surface area contributed by atoms with Crippen LogP contribution in [0.3, 0.4) is 0 Å². The minimum atomic E-state index is 0.410. The van der Waals surface area contributed by atoms with Crippen LogP contribution in [-0.4, -0.2) is 23.0 Å². The van der Waals surface area contributed by atoms with E-state index in [1.165, 1.54) is 18.0 Å². The molecule has 0 aromatic carbocycles. The van der Waals surface area contributed by atoms with Gasteiger partial charge >= 0.3 is 0 Å². The molecule has 0 bridgehead atoms. The van der Waals surface area contributed by atoms with Gasteiger partial charge in [-0.3, -0.25) is 4.99 Å². The molecule has 16 heavy (non-hydrogen) atoms. The molecule has 1 atom stereocenters. The molecule has 3 heteroatoms. The van der Waals surface area contributed by atoms with Crippen LogP contribution < -0.4 is 5.32 Å². The molecule has 3 aliphatic rings. The lowest BCUT2D eigenvalue weighted by Gasteiger charge is -2.09. The maximum Gasteiger partial charge on any atom is 0.157 e. The molecule has 90 valence electrons. The number of hydrogen-bond donors (Lipinski definition) is 1. The summed E-state index contributed by atoms with van der Waals surface area (Å²) < 4.78 is 0. The van der Waals surface area contributed by atoms with Gasteiger partial charge in [0.05, 0.1) is 6.54 Å². The lowest BCUT2D eigenvalue weighted by molar-refractivity contribution is 0.457. The van der Waals surface area contributed by atoms with Crippen molar-refractivity contribution >= 4 is 16.9 Å². The van der Waals surface area contributed by atoms with Crippen molar-refractivity contribution in [2.45, 2.75) is 51.8 Å². The largest absolute Gasteiger partial charge is 0.361 e. The Bertz CT molecular complexity index is 328. The maximum absolute atomic E-state index is 4.66. The van der Waals surface area contributed by atoms with E-state index in [1.54, 1.807) is 0 Å². The Hall–Kier alpha value is -0.180. The van der Waals surface area contributed by atoms with E-state index < -0.39 is 0 Å². The van der Waals surface area contributed by atoms with Crippen LogP contribution in [0.25, 0.3) is 0 Å². The molecular weight excluding hydrogens is 216 g/mol. The lowest BCUT2D eigenvalue weighted by atomic mass is 10.0. The Labute approximate surface area is 103 Å². The van der Waals surface area contributed by atoms with Crippen LogP contribution >= 0.6 is 11.8 Å². The first kappa shape index (κ1) is 10.9. The normalized spacial score (nSPS) is 36.0. The molecule has 1 heterocycles. The summed E-state index contributed by atoms with van der Waals surface area (Å²) in [6.07, 6.45) is 2.86. The zero-order valence-electron chi connectivity index (χ0n) is 10.7. The van der Waals surface area contributed by atoms with Gasteiger partial charge in [-0.15, -0.1) is 0 Å². The van der Waals surface area contributed by atoms with Crippen molar-refractivity contribution in [2.24, 2.45) is 21.7 Å². The summed E-state index contributed by atoms with van der Waals surface area (Å²) in [4.78, 5) is 4.66. The van der Waals surface area contributed by atoms with Crippen molar-refractivity contribution < 1.29 is 0 Å². The van der Waals surface area contributed by atoms with E-state index in [9.17, 15) is 0 Å². The van der Waals surface area contributed by atoms with Gasteiger partial charge in [-0.2, -0.15) is 0 Å². The highest BCUT2D eigenvalue weighted by Crippen LogP contribution is 2.62. The summed E-state index contributed by atoms with van der Waals surface area (Å²) in [7, 11) is 0. The molecule has 2 saturated carbocycles. The second-order valence-corrected chi connectivity index (χ2v) is 7.89. The van der Waals surface area contributed by atoms with Gasteiger partial charge in [0.2, 0.25) is 0 Å². The van der Waals surface area contributed by atoms with Crippen LogP contribution in [0.1, 0.15) is 40.5 Å². The van der Waals surface area contributed by atoms with Crippen molar-refractivity contribution in [1.82, 2.24) is 5.32 Å². The van der Waals surface area contributed by atoms with Crippen LogP contribution in [0, 0.1) is 16.7 Å². The highest BCUT2D eigenvalue weighted by atomic mass is 32.2. The second-order valence-electron chi connectivity index (χ2n) is 6.66. The van der Waals surface area contributed by atoms with Gasteiger partial charge in [0, 0.05) is 11.3 Å².